The molecule has 0 radical (unpaired) electrons. The van der Waals surface area contributed by atoms with E-state index in [9.17, 15) is 9.59 Å². The van der Waals surface area contributed by atoms with Gasteiger partial charge >= 0.3 is 0 Å². The number of piperidine rings is 1. The van der Waals surface area contributed by atoms with Gasteiger partial charge in [-0.3, -0.25) is 9.59 Å². The maximum Gasteiger partial charge on any atom is 0.233 e. The van der Waals surface area contributed by atoms with Gasteiger partial charge in [0.15, 0.2) is 0 Å². The molecule has 1 N–H and O–H groups in total. The van der Waals surface area contributed by atoms with E-state index in [4.69, 9.17) is 4.74 Å². The van der Waals surface area contributed by atoms with Crippen molar-refractivity contribution in [3.63, 3.8) is 0 Å². The number of methoxy groups -OCH3 is 1. The fraction of sp³-hybridized carbons (Fsp3) is 0.364. The van der Waals surface area contributed by atoms with Crippen LogP contribution in [0.3, 0.4) is 0 Å². The molecule has 0 atom stereocenters. The van der Waals surface area contributed by atoms with E-state index in [1.54, 1.807) is 19.2 Å². The Kier molecular flexibility index (Phi) is 6.47. The third kappa shape index (κ3) is 5.33. The van der Waals surface area contributed by atoms with Crippen LogP contribution in [0.25, 0.3) is 0 Å². The summed E-state index contributed by atoms with van der Waals surface area (Å²) in [5, 5.41) is 2.76. The highest BCUT2D eigenvalue weighted by molar-refractivity contribution is 6.04. The van der Waals surface area contributed by atoms with Crippen LogP contribution in [0.1, 0.15) is 24.8 Å². The van der Waals surface area contributed by atoms with Crippen LogP contribution in [0.15, 0.2) is 54.6 Å². The first-order valence-electron chi connectivity index (χ1n) is 9.40. The molecule has 2 amide bonds. The second-order valence-electron chi connectivity index (χ2n) is 6.94. The Hall–Kier alpha value is -2.82. The maximum atomic E-state index is 12.5. The smallest absolute Gasteiger partial charge is 0.233 e. The second-order valence-corrected chi connectivity index (χ2v) is 6.94. The molecular formula is C22H26N2O3. The molecule has 1 aliphatic heterocycles. The molecular weight excluding hydrogens is 340 g/mol. The van der Waals surface area contributed by atoms with Crippen molar-refractivity contribution in [1.29, 1.82) is 0 Å². The Labute approximate surface area is 160 Å². The van der Waals surface area contributed by atoms with E-state index >= 15 is 0 Å². The summed E-state index contributed by atoms with van der Waals surface area (Å²) < 4.78 is 5.22. The van der Waals surface area contributed by atoms with Crippen molar-refractivity contribution < 1.29 is 14.3 Å². The Balaban J connectivity index is 1.46. The Morgan fingerprint density at radius 3 is 2.41 bits per heavy atom. The lowest BCUT2D eigenvalue weighted by Gasteiger charge is -2.32. The van der Waals surface area contributed by atoms with Crippen molar-refractivity contribution in [1.82, 2.24) is 4.90 Å². The lowest BCUT2D eigenvalue weighted by Crippen LogP contribution is -2.40. The molecule has 1 heterocycles. The monoisotopic (exact) mass is 366 g/mol. The number of para-hydroxylation sites is 2. The number of hydrogen-bond acceptors (Lipinski definition) is 3. The standard InChI is InChI=1S/C22H26N2O3/c1-27-20-10-6-5-9-19(20)23-21(25)16-22(26)24-13-11-18(12-14-24)15-17-7-3-2-4-8-17/h2-10,18H,11-16H2,1H3,(H,23,25). The average Bonchev–Trinajstić information content (AvgIpc) is 2.69. The topological polar surface area (TPSA) is 58.6 Å². The highest BCUT2D eigenvalue weighted by Gasteiger charge is 2.24. The number of hydrogen-bond donors (Lipinski definition) is 1. The molecule has 27 heavy (non-hydrogen) atoms. The van der Waals surface area contributed by atoms with Crippen molar-refractivity contribution in [2.45, 2.75) is 25.7 Å². The van der Waals surface area contributed by atoms with Gasteiger partial charge in [-0.15, -0.1) is 0 Å². The number of nitrogens with zero attached hydrogens (tertiary/aromatic N) is 1. The molecule has 0 aliphatic carbocycles. The van der Waals surface area contributed by atoms with Crippen molar-refractivity contribution in [2.24, 2.45) is 5.92 Å². The molecule has 2 aromatic carbocycles. The lowest BCUT2D eigenvalue weighted by molar-refractivity contribution is -0.135. The van der Waals surface area contributed by atoms with Gasteiger partial charge in [0.2, 0.25) is 11.8 Å². The zero-order valence-electron chi connectivity index (χ0n) is 15.7. The molecule has 5 nitrogen and oxygen atoms in total. The Morgan fingerprint density at radius 1 is 1.04 bits per heavy atom. The Bertz CT molecular complexity index is 768. The zero-order chi connectivity index (χ0) is 19.1. The van der Waals surface area contributed by atoms with Crippen LogP contribution in [0, 0.1) is 5.92 Å². The molecule has 2 aromatic rings. The van der Waals surface area contributed by atoms with Gasteiger partial charge in [-0.2, -0.15) is 0 Å². The van der Waals surface area contributed by atoms with Gasteiger partial charge in [0.1, 0.15) is 12.2 Å². The number of likely N-dealkylation sites (tertiary alicyclic amines) is 1. The van der Waals surface area contributed by atoms with Gasteiger partial charge < -0.3 is 15.0 Å². The number of anilines is 1. The van der Waals surface area contributed by atoms with Crippen LogP contribution < -0.4 is 10.1 Å². The molecule has 0 spiro atoms. The predicted molar refractivity (Wildman–Crippen MR) is 106 cm³/mol. The SMILES string of the molecule is COc1ccccc1NC(=O)CC(=O)N1CCC(Cc2ccccc2)CC1. The summed E-state index contributed by atoms with van der Waals surface area (Å²) in [5.74, 6) is 0.760. The number of carbonyl (C=O) groups excluding carboxylic acids is 2. The van der Waals surface area contributed by atoms with Crippen LogP contribution in [-0.4, -0.2) is 36.9 Å². The summed E-state index contributed by atoms with van der Waals surface area (Å²) in [6, 6.07) is 17.6. The van der Waals surface area contributed by atoms with E-state index in [0.717, 1.165) is 32.4 Å². The molecule has 0 aromatic heterocycles. The summed E-state index contributed by atoms with van der Waals surface area (Å²) in [6.45, 7) is 1.44. The fourth-order valence-electron chi connectivity index (χ4n) is 3.53. The second kappa shape index (κ2) is 9.21. The van der Waals surface area contributed by atoms with E-state index in [-0.39, 0.29) is 18.2 Å². The summed E-state index contributed by atoms with van der Waals surface area (Å²) in [4.78, 5) is 26.5. The van der Waals surface area contributed by atoms with Gasteiger partial charge in [0.05, 0.1) is 12.8 Å². The number of nitrogens with one attached hydrogen (secondary N) is 1. The summed E-state index contributed by atoms with van der Waals surface area (Å²) in [6.07, 6.45) is 2.88. The minimum absolute atomic E-state index is 0.111. The van der Waals surface area contributed by atoms with Gasteiger partial charge in [0, 0.05) is 13.1 Å². The molecule has 1 aliphatic rings. The predicted octanol–water partition coefficient (Wildman–Crippen LogP) is 3.51. The number of amides is 2. The molecule has 3 rings (SSSR count). The van der Waals surface area contributed by atoms with Gasteiger partial charge in [-0.1, -0.05) is 42.5 Å². The summed E-state index contributed by atoms with van der Waals surface area (Å²) in [7, 11) is 1.55. The van der Waals surface area contributed by atoms with Crippen LogP contribution in [0.5, 0.6) is 5.75 Å². The van der Waals surface area contributed by atoms with Crippen LogP contribution in [0.2, 0.25) is 0 Å². The lowest BCUT2D eigenvalue weighted by atomic mass is 9.90. The zero-order valence-corrected chi connectivity index (χ0v) is 15.7. The average molecular weight is 366 g/mol. The van der Waals surface area contributed by atoms with E-state index in [1.165, 1.54) is 5.56 Å². The van der Waals surface area contributed by atoms with Crippen LogP contribution in [0.4, 0.5) is 5.69 Å². The molecule has 142 valence electrons. The Morgan fingerprint density at radius 2 is 1.70 bits per heavy atom. The molecule has 0 unspecified atom stereocenters. The number of ether oxygens (including phenoxy) is 1. The quantitative estimate of drug-likeness (QED) is 0.796. The van der Waals surface area contributed by atoms with Crippen LogP contribution >= 0.6 is 0 Å². The molecule has 1 saturated heterocycles. The van der Waals surface area contributed by atoms with Crippen molar-refractivity contribution in [3.8, 4) is 5.75 Å². The number of carbonyl (C=O) groups is 2. The van der Waals surface area contributed by atoms with E-state index in [0.29, 0.717) is 17.4 Å². The third-order valence-corrected chi connectivity index (χ3v) is 5.03. The molecule has 0 saturated carbocycles. The first-order valence-corrected chi connectivity index (χ1v) is 9.40. The summed E-state index contributed by atoms with van der Waals surface area (Å²) >= 11 is 0. The largest absolute Gasteiger partial charge is 0.495 e. The fourth-order valence-corrected chi connectivity index (χ4v) is 3.53. The van der Waals surface area contributed by atoms with Crippen LogP contribution in [-0.2, 0) is 16.0 Å². The highest BCUT2D eigenvalue weighted by atomic mass is 16.5. The number of benzene rings is 2. The normalized spacial score (nSPS) is 14.6. The summed E-state index contributed by atoms with van der Waals surface area (Å²) in [5.41, 5.74) is 1.93. The number of rotatable bonds is 6. The minimum atomic E-state index is -0.309. The van der Waals surface area contributed by atoms with Crippen molar-refractivity contribution in [3.05, 3.63) is 60.2 Å². The molecule has 5 heteroatoms. The minimum Gasteiger partial charge on any atom is -0.495 e. The third-order valence-electron chi connectivity index (χ3n) is 5.03. The van der Waals surface area contributed by atoms with E-state index < -0.39 is 0 Å². The molecule has 1 fully saturated rings. The van der Waals surface area contributed by atoms with Gasteiger partial charge in [-0.05, 0) is 42.9 Å². The van der Waals surface area contributed by atoms with Crippen molar-refractivity contribution >= 4 is 17.5 Å². The van der Waals surface area contributed by atoms with Gasteiger partial charge in [-0.25, -0.2) is 0 Å². The maximum absolute atomic E-state index is 12.5. The highest BCUT2D eigenvalue weighted by Crippen LogP contribution is 2.24. The van der Waals surface area contributed by atoms with E-state index in [1.807, 2.05) is 23.1 Å². The first kappa shape index (κ1) is 19.0. The van der Waals surface area contributed by atoms with E-state index in [2.05, 4.69) is 29.6 Å². The van der Waals surface area contributed by atoms with Crippen molar-refractivity contribution in [2.75, 3.05) is 25.5 Å². The van der Waals surface area contributed by atoms with Gasteiger partial charge in [0.25, 0.3) is 0 Å². The molecule has 0 bridgehead atoms. The first-order chi connectivity index (χ1) is 13.2.